The molecule has 0 saturated heterocycles. The molecule has 0 aliphatic heterocycles. The number of aromatic nitrogens is 2. The number of methoxy groups -OCH3 is 1. The first kappa shape index (κ1) is 14.3. The van der Waals surface area contributed by atoms with Crippen molar-refractivity contribution in [1.29, 1.82) is 0 Å². The lowest BCUT2D eigenvalue weighted by Gasteiger charge is -2.08. The largest absolute Gasteiger partial charge is 0.493 e. The number of nitrogens with zero attached hydrogens (tertiary/aromatic N) is 2. The summed E-state index contributed by atoms with van der Waals surface area (Å²) in [6.45, 7) is 3.97. The van der Waals surface area contributed by atoms with E-state index in [0.29, 0.717) is 22.5 Å². The van der Waals surface area contributed by atoms with Gasteiger partial charge in [0.2, 0.25) is 0 Å². The van der Waals surface area contributed by atoms with Crippen molar-refractivity contribution in [2.45, 2.75) is 19.8 Å². The smallest absolute Gasteiger partial charge is 0.335 e. The maximum atomic E-state index is 11.0. The Morgan fingerprint density at radius 3 is 2.65 bits per heavy atom. The summed E-state index contributed by atoms with van der Waals surface area (Å²) >= 11 is 1.12. The highest BCUT2D eigenvalue weighted by atomic mass is 32.1. The summed E-state index contributed by atoms with van der Waals surface area (Å²) in [6, 6.07) is 4.40. The summed E-state index contributed by atoms with van der Waals surface area (Å²) in [7, 11) is 1.49. The van der Waals surface area contributed by atoms with Gasteiger partial charge in [-0.3, -0.25) is 0 Å². The van der Waals surface area contributed by atoms with Gasteiger partial charge in [-0.1, -0.05) is 13.8 Å². The fraction of sp³-hybridized carbons (Fsp3) is 0.308. The van der Waals surface area contributed by atoms with Crippen LogP contribution < -0.4 is 9.47 Å². The molecule has 0 aliphatic rings. The number of carboxylic acids is 1. The Hall–Kier alpha value is -2.15. The molecule has 0 fully saturated rings. The molecule has 0 radical (unpaired) electrons. The van der Waals surface area contributed by atoms with Gasteiger partial charge in [0.05, 0.1) is 12.7 Å². The maximum Gasteiger partial charge on any atom is 0.335 e. The molecule has 0 spiro atoms. The van der Waals surface area contributed by atoms with Crippen LogP contribution in [0.2, 0.25) is 0 Å². The third-order valence-electron chi connectivity index (χ3n) is 2.55. The third-order valence-corrected chi connectivity index (χ3v) is 3.16. The van der Waals surface area contributed by atoms with Crippen LogP contribution in [-0.4, -0.2) is 27.5 Å². The highest BCUT2D eigenvalue weighted by Crippen LogP contribution is 2.33. The standard InChI is InChI=1S/C13H14N2O4S/c1-7(2)11-14-13(20-15-11)19-10-6-8(12(16)17)4-5-9(10)18-3/h4-7H,1-3H3,(H,16,17). The van der Waals surface area contributed by atoms with Crippen molar-refractivity contribution < 1.29 is 19.4 Å². The van der Waals surface area contributed by atoms with E-state index >= 15 is 0 Å². The Bertz CT molecular complexity index is 625. The second-order valence-corrected chi connectivity index (χ2v) is 5.06. The molecule has 0 bridgehead atoms. The molecule has 1 N–H and O–H groups in total. The van der Waals surface area contributed by atoms with E-state index in [4.69, 9.17) is 14.6 Å². The van der Waals surface area contributed by atoms with Crippen molar-refractivity contribution in [2.24, 2.45) is 0 Å². The fourth-order valence-electron chi connectivity index (χ4n) is 1.48. The van der Waals surface area contributed by atoms with Crippen LogP contribution in [0.1, 0.15) is 35.9 Å². The number of carbonyl (C=O) groups is 1. The molecule has 0 saturated carbocycles. The minimum atomic E-state index is -1.03. The Kier molecular flexibility index (Phi) is 4.19. The minimum Gasteiger partial charge on any atom is -0.493 e. The van der Waals surface area contributed by atoms with E-state index in [1.807, 2.05) is 13.8 Å². The number of carboxylic acid groups (broad SMARTS) is 1. The highest BCUT2D eigenvalue weighted by molar-refractivity contribution is 7.07. The Morgan fingerprint density at radius 1 is 1.35 bits per heavy atom. The molecule has 1 aromatic heterocycles. The zero-order valence-electron chi connectivity index (χ0n) is 11.3. The van der Waals surface area contributed by atoms with Crippen LogP contribution >= 0.6 is 11.5 Å². The molecular formula is C13H14N2O4S. The van der Waals surface area contributed by atoms with Gasteiger partial charge in [0, 0.05) is 17.5 Å². The molecule has 106 valence electrons. The molecule has 0 atom stereocenters. The summed E-state index contributed by atoms with van der Waals surface area (Å²) < 4.78 is 14.9. The lowest BCUT2D eigenvalue weighted by Crippen LogP contribution is -1.98. The molecule has 6 nitrogen and oxygen atoms in total. The van der Waals surface area contributed by atoms with E-state index in [2.05, 4.69) is 9.36 Å². The molecule has 2 rings (SSSR count). The average Bonchev–Trinajstić information content (AvgIpc) is 2.87. The summed E-state index contributed by atoms with van der Waals surface area (Å²) in [5, 5.41) is 9.35. The molecule has 2 aromatic rings. The van der Waals surface area contributed by atoms with Gasteiger partial charge in [-0.25, -0.2) is 4.79 Å². The minimum absolute atomic E-state index is 0.120. The summed E-state index contributed by atoms with van der Waals surface area (Å²) in [6.07, 6.45) is 0. The van der Waals surface area contributed by atoms with E-state index in [1.54, 1.807) is 6.07 Å². The van der Waals surface area contributed by atoms with Crippen LogP contribution in [0.5, 0.6) is 16.7 Å². The van der Waals surface area contributed by atoms with Gasteiger partial charge in [0.15, 0.2) is 11.5 Å². The van der Waals surface area contributed by atoms with Gasteiger partial charge in [0.25, 0.3) is 5.19 Å². The number of ether oxygens (including phenoxy) is 2. The van der Waals surface area contributed by atoms with Gasteiger partial charge in [-0.2, -0.15) is 9.36 Å². The Morgan fingerprint density at radius 2 is 2.10 bits per heavy atom. The molecular weight excluding hydrogens is 280 g/mol. The van der Waals surface area contributed by atoms with Crippen LogP contribution in [0, 0.1) is 0 Å². The highest BCUT2D eigenvalue weighted by Gasteiger charge is 2.14. The molecule has 20 heavy (non-hydrogen) atoms. The SMILES string of the molecule is COc1ccc(C(=O)O)cc1Oc1nc(C(C)C)ns1. The zero-order valence-corrected chi connectivity index (χ0v) is 12.1. The lowest BCUT2D eigenvalue weighted by atomic mass is 10.2. The van der Waals surface area contributed by atoms with Crippen LogP contribution in [0.4, 0.5) is 0 Å². The Balaban J connectivity index is 2.30. The fourth-order valence-corrected chi connectivity index (χ4v) is 2.16. The van der Waals surface area contributed by atoms with Crippen LogP contribution in [0.3, 0.4) is 0 Å². The van der Waals surface area contributed by atoms with E-state index in [-0.39, 0.29) is 11.5 Å². The van der Waals surface area contributed by atoms with Gasteiger partial charge < -0.3 is 14.6 Å². The molecule has 1 heterocycles. The zero-order chi connectivity index (χ0) is 14.7. The van der Waals surface area contributed by atoms with Crippen molar-refractivity contribution in [3.8, 4) is 16.7 Å². The van der Waals surface area contributed by atoms with Crippen molar-refractivity contribution >= 4 is 17.5 Å². The molecule has 0 aliphatic carbocycles. The lowest BCUT2D eigenvalue weighted by molar-refractivity contribution is 0.0696. The van der Waals surface area contributed by atoms with Crippen molar-refractivity contribution in [3.05, 3.63) is 29.6 Å². The number of aromatic carboxylic acids is 1. The predicted molar refractivity (Wildman–Crippen MR) is 74.0 cm³/mol. The third kappa shape index (κ3) is 3.05. The number of hydrogen-bond donors (Lipinski definition) is 1. The van der Waals surface area contributed by atoms with E-state index in [9.17, 15) is 4.79 Å². The molecule has 0 amide bonds. The normalized spacial score (nSPS) is 10.6. The maximum absolute atomic E-state index is 11.0. The second-order valence-electron chi connectivity index (χ2n) is 4.35. The molecule has 7 heteroatoms. The Labute approximate surface area is 120 Å². The number of rotatable bonds is 5. The summed E-state index contributed by atoms with van der Waals surface area (Å²) in [5.41, 5.74) is 0.120. The van der Waals surface area contributed by atoms with Gasteiger partial charge >= 0.3 is 5.97 Å². The first-order valence-corrected chi connectivity index (χ1v) is 6.71. The van der Waals surface area contributed by atoms with Crippen LogP contribution in [-0.2, 0) is 0 Å². The first-order chi connectivity index (χ1) is 9.51. The van der Waals surface area contributed by atoms with Crippen LogP contribution in [0.25, 0.3) is 0 Å². The quantitative estimate of drug-likeness (QED) is 0.912. The van der Waals surface area contributed by atoms with Gasteiger partial charge in [-0.15, -0.1) is 0 Å². The van der Waals surface area contributed by atoms with Crippen molar-refractivity contribution in [2.75, 3.05) is 7.11 Å². The second kappa shape index (κ2) is 5.87. The summed E-state index contributed by atoms with van der Waals surface area (Å²) in [4.78, 5) is 15.2. The predicted octanol–water partition coefficient (Wildman–Crippen LogP) is 3.16. The van der Waals surface area contributed by atoms with E-state index in [1.165, 1.54) is 19.2 Å². The van der Waals surface area contributed by atoms with Gasteiger partial charge in [0.1, 0.15) is 5.82 Å². The van der Waals surface area contributed by atoms with Crippen molar-refractivity contribution in [1.82, 2.24) is 9.36 Å². The van der Waals surface area contributed by atoms with Crippen LogP contribution in [0.15, 0.2) is 18.2 Å². The van der Waals surface area contributed by atoms with E-state index < -0.39 is 5.97 Å². The van der Waals surface area contributed by atoms with E-state index in [0.717, 1.165) is 11.5 Å². The first-order valence-electron chi connectivity index (χ1n) is 5.94. The number of benzene rings is 1. The molecule has 1 aromatic carbocycles. The monoisotopic (exact) mass is 294 g/mol. The van der Waals surface area contributed by atoms with Gasteiger partial charge in [-0.05, 0) is 18.2 Å². The number of hydrogen-bond acceptors (Lipinski definition) is 6. The summed E-state index contributed by atoms with van der Waals surface area (Å²) in [5.74, 6) is 0.613. The molecule has 0 unspecified atom stereocenters. The van der Waals surface area contributed by atoms with Crippen molar-refractivity contribution in [3.63, 3.8) is 0 Å². The average molecular weight is 294 g/mol. The topological polar surface area (TPSA) is 81.5 Å².